The Labute approximate surface area is 135 Å². The summed E-state index contributed by atoms with van der Waals surface area (Å²) in [5.41, 5.74) is 4.29. The third-order valence-corrected chi connectivity index (χ3v) is 4.26. The highest BCUT2D eigenvalue weighted by Crippen LogP contribution is 2.34. The smallest absolute Gasteiger partial charge is 0.147 e. The third-order valence-electron chi connectivity index (χ3n) is 3.99. The van der Waals surface area contributed by atoms with Gasteiger partial charge in [-0.05, 0) is 25.0 Å². The summed E-state index contributed by atoms with van der Waals surface area (Å²) in [4.78, 5) is 4.46. The Kier molecular flexibility index (Phi) is 3.90. The number of hydrogen-bond donors (Lipinski definition) is 0. The highest BCUT2D eigenvalue weighted by Gasteiger charge is 2.31. The molecule has 1 aromatic heterocycles. The zero-order valence-electron chi connectivity index (χ0n) is 12.7. The van der Waals surface area contributed by atoms with Gasteiger partial charge in [0.2, 0.25) is 0 Å². The van der Waals surface area contributed by atoms with E-state index in [0.717, 1.165) is 16.8 Å². The van der Waals surface area contributed by atoms with Crippen molar-refractivity contribution in [1.29, 1.82) is 5.26 Å². The van der Waals surface area contributed by atoms with Gasteiger partial charge in [-0.3, -0.25) is 0 Å². The molecule has 0 spiro atoms. The Balaban J connectivity index is 2.09. The molecule has 0 saturated carbocycles. The lowest BCUT2D eigenvalue weighted by Gasteiger charge is -2.33. The molecular weight excluding hydrogens is 296 g/mol. The first-order chi connectivity index (χ1) is 10.5. The van der Waals surface area contributed by atoms with Crippen LogP contribution in [0.4, 0.5) is 0 Å². The number of ether oxygens (including phenoxy) is 1. The van der Waals surface area contributed by atoms with E-state index in [1.807, 2.05) is 32.0 Å². The molecule has 2 heterocycles. The Hall–Kier alpha value is -1.89. The molecule has 0 unspecified atom stereocenters. The molecule has 112 valence electrons. The van der Waals surface area contributed by atoms with Crippen LogP contribution in [0.15, 0.2) is 30.3 Å². The second-order valence-electron chi connectivity index (χ2n) is 6.18. The molecule has 0 radical (unpaired) electrons. The third kappa shape index (κ3) is 2.85. The number of rotatable bonds is 2. The Morgan fingerprint density at radius 1 is 1.27 bits per heavy atom. The molecule has 3 rings (SSSR count). The van der Waals surface area contributed by atoms with E-state index in [1.54, 1.807) is 0 Å². The van der Waals surface area contributed by atoms with Gasteiger partial charge in [-0.2, -0.15) is 5.26 Å². The molecule has 0 bridgehead atoms. The van der Waals surface area contributed by atoms with Crippen molar-refractivity contribution in [3.05, 3.63) is 63.4 Å². The van der Waals surface area contributed by atoms with Crippen LogP contribution in [0.2, 0.25) is 5.15 Å². The number of halogens is 1. The quantitative estimate of drug-likeness (QED) is 0.786. The van der Waals surface area contributed by atoms with Gasteiger partial charge < -0.3 is 4.74 Å². The van der Waals surface area contributed by atoms with Crippen molar-refractivity contribution < 1.29 is 4.74 Å². The lowest BCUT2D eigenvalue weighted by molar-refractivity contribution is -0.0406. The van der Waals surface area contributed by atoms with Gasteiger partial charge >= 0.3 is 0 Å². The average Bonchev–Trinajstić information content (AvgIpc) is 2.47. The lowest BCUT2D eigenvalue weighted by Crippen LogP contribution is -2.33. The first-order valence-corrected chi connectivity index (χ1v) is 7.66. The average molecular weight is 313 g/mol. The van der Waals surface area contributed by atoms with Crippen molar-refractivity contribution in [2.75, 3.05) is 0 Å². The van der Waals surface area contributed by atoms with Crippen molar-refractivity contribution in [3.8, 4) is 6.07 Å². The summed E-state index contributed by atoms with van der Waals surface area (Å²) in [5.74, 6) is 0. The molecule has 22 heavy (non-hydrogen) atoms. The summed E-state index contributed by atoms with van der Waals surface area (Å²) in [7, 11) is 0. The van der Waals surface area contributed by atoms with Crippen molar-refractivity contribution in [3.63, 3.8) is 0 Å². The second kappa shape index (κ2) is 5.72. The molecule has 1 aliphatic rings. The highest BCUT2D eigenvalue weighted by molar-refractivity contribution is 6.30. The Morgan fingerprint density at radius 2 is 2.00 bits per heavy atom. The molecule has 0 aliphatic carbocycles. The first kappa shape index (κ1) is 15.0. The largest absolute Gasteiger partial charge is 0.370 e. The van der Waals surface area contributed by atoms with E-state index in [0.29, 0.717) is 30.2 Å². The molecule has 1 aliphatic heterocycles. The van der Waals surface area contributed by atoms with E-state index in [-0.39, 0.29) is 5.60 Å². The van der Waals surface area contributed by atoms with E-state index in [1.165, 1.54) is 5.56 Å². The molecule has 0 N–H and O–H groups in total. The van der Waals surface area contributed by atoms with Gasteiger partial charge in [-0.25, -0.2) is 4.98 Å². The van der Waals surface area contributed by atoms with Crippen LogP contribution in [-0.2, 0) is 24.2 Å². The van der Waals surface area contributed by atoms with Gasteiger partial charge in [0.05, 0.1) is 23.5 Å². The van der Waals surface area contributed by atoms with Gasteiger partial charge in [-0.1, -0.05) is 41.9 Å². The van der Waals surface area contributed by atoms with E-state index in [9.17, 15) is 5.26 Å². The zero-order chi connectivity index (χ0) is 15.7. The standard InChI is InChI=1S/C18H17ClN2O/c1-18(2)9-13-14(10-20)17(19)21-16(15(13)11-22-18)8-12-6-4-3-5-7-12/h3-7H,8-9,11H2,1-2H3. The van der Waals surface area contributed by atoms with Crippen LogP contribution in [0.1, 0.15) is 41.8 Å². The minimum absolute atomic E-state index is 0.284. The van der Waals surface area contributed by atoms with Crippen molar-refractivity contribution in [2.24, 2.45) is 0 Å². The van der Waals surface area contributed by atoms with E-state index < -0.39 is 0 Å². The summed E-state index contributed by atoms with van der Waals surface area (Å²) < 4.78 is 5.92. The van der Waals surface area contributed by atoms with Crippen LogP contribution >= 0.6 is 11.6 Å². The molecule has 3 nitrogen and oxygen atoms in total. The van der Waals surface area contributed by atoms with Crippen molar-refractivity contribution in [1.82, 2.24) is 4.98 Å². The molecule has 0 saturated heterocycles. The van der Waals surface area contributed by atoms with Gasteiger partial charge in [-0.15, -0.1) is 0 Å². The van der Waals surface area contributed by atoms with Crippen LogP contribution in [0.3, 0.4) is 0 Å². The molecule has 1 aromatic carbocycles. The van der Waals surface area contributed by atoms with E-state index in [2.05, 4.69) is 23.2 Å². The van der Waals surface area contributed by atoms with Crippen molar-refractivity contribution in [2.45, 2.75) is 38.9 Å². The molecule has 0 fully saturated rings. The number of nitrogens with zero attached hydrogens (tertiary/aromatic N) is 2. The number of fused-ring (bicyclic) bond motifs is 1. The number of pyridine rings is 1. The maximum Gasteiger partial charge on any atom is 0.147 e. The molecular formula is C18H17ClN2O. The van der Waals surface area contributed by atoms with Gasteiger partial charge in [0, 0.05) is 18.4 Å². The maximum atomic E-state index is 9.41. The predicted molar refractivity (Wildman–Crippen MR) is 85.8 cm³/mol. The number of aromatic nitrogens is 1. The Bertz CT molecular complexity index is 748. The fraction of sp³-hybridized carbons (Fsp3) is 0.333. The SMILES string of the molecule is CC1(C)Cc2c(C#N)c(Cl)nc(Cc3ccccc3)c2CO1. The summed E-state index contributed by atoms with van der Waals surface area (Å²) in [5, 5.41) is 9.71. The monoisotopic (exact) mass is 312 g/mol. The number of hydrogen-bond acceptors (Lipinski definition) is 3. The highest BCUT2D eigenvalue weighted by atomic mass is 35.5. The molecule has 0 amide bonds. The van der Waals surface area contributed by atoms with Crippen LogP contribution < -0.4 is 0 Å². The topological polar surface area (TPSA) is 45.9 Å². The zero-order valence-corrected chi connectivity index (χ0v) is 13.4. The second-order valence-corrected chi connectivity index (χ2v) is 6.54. The van der Waals surface area contributed by atoms with Gasteiger partial charge in [0.1, 0.15) is 11.2 Å². The summed E-state index contributed by atoms with van der Waals surface area (Å²) >= 11 is 6.25. The fourth-order valence-electron chi connectivity index (χ4n) is 2.85. The molecule has 4 heteroatoms. The summed E-state index contributed by atoms with van der Waals surface area (Å²) in [6.07, 6.45) is 1.37. The molecule has 2 aromatic rings. The number of benzene rings is 1. The fourth-order valence-corrected chi connectivity index (χ4v) is 3.11. The number of nitriles is 1. The van der Waals surface area contributed by atoms with Crippen LogP contribution in [0, 0.1) is 11.3 Å². The maximum absolute atomic E-state index is 9.41. The van der Waals surface area contributed by atoms with E-state index in [4.69, 9.17) is 16.3 Å². The van der Waals surface area contributed by atoms with Gasteiger partial charge in [0.15, 0.2) is 0 Å². The lowest BCUT2D eigenvalue weighted by atomic mass is 9.87. The van der Waals surface area contributed by atoms with Crippen LogP contribution in [-0.4, -0.2) is 10.6 Å². The van der Waals surface area contributed by atoms with E-state index >= 15 is 0 Å². The Morgan fingerprint density at radius 3 is 2.68 bits per heavy atom. The van der Waals surface area contributed by atoms with Crippen LogP contribution in [0.25, 0.3) is 0 Å². The minimum Gasteiger partial charge on any atom is -0.370 e. The minimum atomic E-state index is -0.284. The summed E-state index contributed by atoms with van der Waals surface area (Å²) in [6.45, 7) is 4.54. The summed E-state index contributed by atoms with van der Waals surface area (Å²) in [6, 6.07) is 12.3. The predicted octanol–water partition coefficient (Wildman–Crippen LogP) is 4.05. The normalized spacial score (nSPS) is 15.9. The van der Waals surface area contributed by atoms with Crippen molar-refractivity contribution >= 4 is 11.6 Å². The van der Waals surface area contributed by atoms with Gasteiger partial charge in [0.25, 0.3) is 0 Å². The first-order valence-electron chi connectivity index (χ1n) is 7.28. The molecule has 0 atom stereocenters. The van der Waals surface area contributed by atoms with Crippen LogP contribution in [0.5, 0.6) is 0 Å².